The van der Waals surface area contributed by atoms with Crippen molar-refractivity contribution in [3.8, 4) is 23.0 Å². The van der Waals surface area contributed by atoms with E-state index in [1.54, 1.807) is 0 Å². The number of ether oxygens (including phenoxy) is 1. The molecule has 0 radical (unpaired) electrons. The van der Waals surface area contributed by atoms with Gasteiger partial charge in [-0.3, -0.25) is 9.59 Å². The Balaban J connectivity index is 1.44. The van der Waals surface area contributed by atoms with Crippen LogP contribution < -0.4 is 5.73 Å². The Bertz CT molecular complexity index is 1340. The molecule has 9 nitrogen and oxygen atoms in total. The van der Waals surface area contributed by atoms with E-state index in [1.807, 2.05) is 23.1 Å². The minimum atomic E-state index is -1.48. The first-order valence-corrected chi connectivity index (χ1v) is 13.3. The quantitative estimate of drug-likeness (QED) is 0.355. The number of amides is 2. The Morgan fingerprint density at radius 1 is 1.00 bits per heavy atom. The molecule has 9 heteroatoms. The molecule has 2 fully saturated rings. The standard InChI is InChI=1S/C30H34N2O7/c1-17-2-5-19-20-6-3-18(4-7-23-27(36)29(38)28(37)24(16-33)39-23)15-22(20)30(21(19)14-17)10-12-32(13-11-30)26(35)9-8-25(31)34/h2-3,5-6,14-15,23-24,27-29,33,36-38H,8-13,16H2,1H3,(H2,31,34)/t23-,24-,27-,28-,29-/m1/s1. The number of primary amides is 1. The number of aliphatic hydroxyl groups excluding tert-OH is 4. The number of hydrogen-bond donors (Lipinski definition) is 5. The third kappa shape index (κ3) is 4.95. The van der Waals surface area contributed by atoms with Gasteiger partial charge in [-0.15, -0.1) is 0 Å². The fourth-order valence-electron chi connectivity index (χ4n) is 6.13. The van der Waals surface area contributed by atoms with Gasteiger partial charge in [-0.25, -0.2) is 0 Å². The van der Waals surface area contributed by atoms with E-state index in [0.717, 1.165) is 35.1 Å². The molecule has 2 saturated heterocycles. The molecule has 0 unspecified atom stereocenters. The van der Waals surface area contributed by atoms with Gasteiger partial charge in [0.05, 0.1) is 6.61 Å². The van der Waals surface area contributed by atoms with Crippen molar-refractivity contribution >= 4 is 11.8 Å². The minimum absolute atomic E-state index is 0.0435. The van der Waals surface area contributed by atoms with Crippen molar-refractivity contribution in [2.75, 3.05) is 19.7 Å². The lowest BCUT2D eigenvalue weighted by Crippen LogP contribution is -2.58. The van der Waals surface area contributed by atoms with Gasteiger partial charge < -0.3 is 35.8 Å². The van der Waals surface area contributed by atoms with Crippen LogP contribution in [0.2, 0.25) is 0 Å². The summed E-state index contributed by atoms with van der Waals surface area (Å²) in [6.07, 6.45) is -4.80. The molecule has 5 atom stereocenters. The molecule has 206 valence electrons. The molecule has 6 N–H and O–H groups in total. The first kappa shape index (κ1) is 27.3. The molecule has 2 aromatic rings. The van der Waals surface area contributed by atoms with Crippen LogP contribution in [0.1, 0.15) is 47.9 Å². The summed E-state index contributed by atoms with van der Waals surface area (Å²) in [5.74, 6) is 5.37. The third-order valence-electron chi connectivity index (χ3n) is 8.32. The van der Waals surface area contributed by atoms with Crippen molar-refractivity contribution in [3.05, 3.63) is 58.7 Å². The van der Waals surface area contributed by atoms with Crippen LogP contribution in [0.3, 0.4) is 0 Å². The fraction of sp³-hybridized carbons (Fsp3) is 0.467. The molecule has 39 heavy (non-hydrogen) atoms. The molecule has 0 saturated carbocycles. The molecule has 0 aromatic heterocycles. The van der Waals surface area contributed by atoms with Gasteiger partial charge in [0.1, 0.15) is 30.5 Å². The average Bonchev–Trinajstić information content (AvgIpc) is 3.18. The van der Waals surface area contributed by atoms with Crippen LogP contribution >= 0.6 is 0 Å². The number of piperidine rings is 1. The third-order valence-corrected chi connectivity index (χ3v) is 8.32. The second-order valence-corrected chi connectivity index (χ2v) is 10.8. The maximum atomic E-state index is 12.7. The molecule has 5 rings (SSSR count). The zero-order valence-electron chi connectivity index (χ0n) is 21.8. The van der Waals surface area contributed by atoms with E-state index in [0.29, 0.717) is 18.7 Å². The molecule has 1 spiro atoms. The van der Waals surface area contributed by atoms with Crippen LogP contribution in [0.25, 0.3) is 11.1 Å². The van der Waals surface area contributed by atoms with E-state index in [1.165, 1.54) is 5.56 Å². The van der Waals surface area contributed by atoms with Crippen molar-refractivity contribution in [3.63, 3.8) is 0 Å². The zero-order chi connectivity index (χ0) is 27.9. The second-order valence-electron chi connectivity index (χ2n) is 10.8. The van der Waals surface area contributed by atoms with Gasteiger partial charge in [0.2, 0.25) is 11.8 Å². The number of aryl methyl sites for hydroxylation is 1. The SMILES string of the molecule is Cc1ccc2c(c1)C1(CCN(C(=O)CCC(N)=O)CC1)c1cc(C#C[C@H]3O[C@H](CO)[C@@H](O)[C@H](O)[C@@H]3O)ccc1-2. The van der Waals surface area contributed by atoms with Crippen molar-refractivity contribution in [2.24, 2.45) is 5.73 Å². The number of hydrogen-bond acceptors (Lipinski definition) is 7. The lowest BCUT2D eigenvalue weighted by Gasteiger charge is -2.41. The number of fused-ring (bicyclic) bond motifs is 5. The predicted molar refractivity (Wildman–Crippen MR) is 142 cm³/mol. The molecule has 3 aliphatic rings. The molecule has 0 bridgehead atoms. The largest absolute Gasteiger partial charge is 0.394 e. The molecule has 2 heterocycles. The van der Waals surface area contributed by atoms with Crippen LogP contribution in [-0.4, -0.2) is 87.4 Å². The summed E-state index contributed by atoms with van der Waals surface area (Å²) < 4.78 is 5.54. The summed E-state index contributed by atoms with van der Waals surface area (Å²) in [5.41, 5.74) is 11.5. The Morgan fingerprint density at radius 3 is 2.33 bits per heavy atom. The first-order valence-electron chi connectivity index (χ1n) is 13.3. The van der Waals surface area contributed by atoms with E-state index in [9.17, 15) is 30.0 Å². The maximum absolute atomic E-state index is 12.7. The van der Waals surface area contributed by atoms with E-state index < -0.39 is 43.0 Å². The minimum Gasteiger partial charge on any atom is -0.394 e. The van der Waals surface area contributed by atoms with Gasteiger partial charge in [0.25, 0.3) is 0 Å². The Kier molecular flexibility index (Phi) is 7.51. The highest BCUT2D eigenvalue weighted by molar-refractivity contribution is 5.84. The Morgan fingerprint density at radius 2 is 1.67 bits per heavy atom. The number of carbonyl (C=O) groups is 2. The summed E-state index contributed by atoms with van der Waals surface area (Å²) >= 11 is 0. The molecular weight excluding hydrogens is 500 g/mol. The predicted octanol–water partition coefficient (Wildman–Crippen LogP) is 0.343. The van der Waals surface area contributed by atoms with Gasteiger partial charge in [-0.1, -0.05) is 41.7 Å². The van der Waals surface area contributed by atoms with Crippen molar-refractivity contribution in [1.29, 1.82) is 0 Å². The highest BCUT2D eigenvalue weighted by atomic mass is 16.5. The number of rotatable bonds is 4. The Labute approximate surface area is 227 Å². The number of aliphatic hydroxyl groups is 4. The summed E-state index contributed by atoms with van der Waals surface area (Å²) in [6, 6.07) is 12.4. The summed E-state index contributed by atoms with van der Waals surface area (Å²) in [4.78, 5) is 25.6. The van der Waals surface area contributed by atoms with Gasteiger partial charge >= 0.3 is 0 Å². The molecule has 1 aliphatic carbocycles. The highest BCUT2D eigenvalue weighted by Crippen LogP contribution is 2.54. The zero-order valence-corrected chi connectivity index (χ0v) is 21.8. The van der Waals surface area contributed by atoms with Crippen molar-refractivity contribution in [1.82, 2.24) is 4.90 Å². The monoisotopic (exact) mass is 534 g/mol. The summed E-state index contributed by atoms with van der Waals surface area (Å²) in [7, 11) is 0. The molecular formula is C30H34N2O7. The second kappa shape index (κ2) is 10.7. The smallest absolute Gasteiger partial charge is 0.223 e. The number of benzene rings is 2. The number of nitrogens with two attached hydrogens (primary N) is 1. The van der Waals surface area contributed by atoms with Crippen LogP contribution in [0.4, 0.5) is 0 Å². The first-order chi connectivity index (χ1) is 18.6. The van der Waals surface area contributed by atoms with E-state index >= 15 is 0 Å². The Hall–Kier alpha value is -3.26. The van der Waals surface area contributed by atoms with Gasteiger partial charge in [-0.05, 0) is 54.2 Å². The van der Waals surface area contributed by atoms with Crippen LogP contribution in [0.5, 0.6) is 0 Å². The number of nitrogens with zero attached hydrogens (tertiary/aromatic N) is 1. The van der Waals surface area contributed by atoms with E-state index in [4.69, 9.17) is 10.5 Å². The molecule has 2 amide bonds. The van der Waals surface area contributed by atoms with E-state index in [-0.39, 0.29) is 24.2 Å². The summed E-state index contributed by atoms with van der Waals surface area (Å²) in [5, 5.41) is 39.9. The van der Waals surface area contributed by atoms with Crippen LogP contribution in [0.15, 0.2) is 36.4 Å². The number of likely N-dealkylation sites (tertiary alicyclic amines) is 1. The molecule has 2 aromatic carbocycles. The lowest BCUT2D eigenvalue weighted by atomic mass is 9.70. The maximum Gasteiger partial charge on any atom is 0.223 e. The fourth-order valence-corrected chi connectivity index (χ4v) is 6.13. The lowest BCUT2D eigenvalue weighted by molar-refractivity contribution is -0.214. The number of carbonyl (C=O) groups excluding carboxylic acids is 2. The van der Waals surface area contributed by atoms with Crippen molar-refractivity contribution < 1.29 is 34.8 Å². The van der Waals surface area contributed by atoms with Gasteiger partial charge in [0, 0.05) is 36.9 Å². The molecule has 2 aliphatic heterocycles. The van der Waals surface area contributed by atoms with Gasteiger partial charge in [-0.2, -0.15) is 0 Å². The topological polar surface area (TPSA) is 154 Å². The van der Waals surface area contributed by atoms with Crippen molar-refractivity contribution in [2.45, 2.75) is 68.5 Å². The normalized spacial score (nSPS) is 26.9. The van der Waals surface area contributed by atoms with Crippen LogP contribution in [0, 0.1) is 18.8 Å². The highest BCUT2D eigenvalue weighted by Gasteiger charge is 2.46. The average molecular weight is 535 g/mol. The van der Waals surface area contributed by atoms with Crippen LogP contribution in [-0.2, 0) is 19.7 Å². The summed E-state index contributed by atoms with van der Waals surface area (Å²) in [6.45, 7) is 2.68. The van der Waals surface area contributed by atoms with E-state index in [2.05, 4.69) is 37.0 Å². The van der Waals surface area contributed by atoms with Gasteiger partial charge in [0.15, 0.2) is 0 Å².